The van der Waals surface area contributed by atoms with Crippen molar-refractivity contribution in [1.29, 1.82) is 0 Å². The van der Waals surface area contributed by atoms with Crippen LogP contribution in [0.25, 0.3) is 0 Å². The first kappa shape index (κ1) is 12.5. The predicted octanol–water partition coefficient (Wildman–Crippen LogP) is 2.12. The van der Waals surface area contributed by atoms with Crippen molar-refractivity contribution >= 4 is 15.9 Å². The first-order chi connectivity index (χ1) is 7.04. The van der Waals surface area contributed by atoms with E-state index in [-0.39, 0.29) is 12.1 Å². The Labute approximate surface area is 96.2 Å². The van der Waals surface area contributed by atoms with E-state index in [9.17, 15) is 8.78 Å². The summed E-state index contributed by atoms with van der Waals surface area (Å²) in [6, 6.07) is 2.52. The van der Waals surface area contributed by atoms with E-state index in [2.05, 4.69) is 15.9 Å². The summed E-state index contributed by atoms with van der Waals surface area (Å²) in [5, 5.41) is 0. The second-order valence-electron chi connectivity index (χ2n) is 3.37. The zero-order chi connectivity index (χ0) is 11.4. The maximum atomic E-state index is 13.4. The van der Waals surface area contributed by atoms with Gasteiger partial charge in [-0.3, -0.25) is 0 Å². The van der Waals surface area contributed by atoms with Gasteiger partial charge in [0.15, 0.2) is 0 Å². The molecule has 2 N–H and O–H groups in total. The van der Waals surface area contributed by atoms with Crippen molar-refractivity contribution in [3.8, 4) is 0 Å². The van der Waals surface area contributed by atoms with Crippen molar-refractivity contribution in [3.05, 3.63) is 33.8 Å². The van der Waals surface area contributed by atoms with Crippen molar-refractivity contribution in [2.45, 2.75) is 6.54 Å². The highest BCUT2D eigenvalue weighted by Gasteiger charge is 2.12. The van der Waals surface area contributed by atoms with Gasteiger partial charge >= 0.3 is 0 Å². The second kappa shape index (κ2) is 5.53. The van der Waals surface area contributed by atoms with Gasteiger partial charge in [0.2, 0.25) is 0 Å². The quantitative estimate of drug-likeness (QED) is 0.914. The maximum absolute atomic E-state index is 13.4. The molecule has 15 heavy (non-hydrogen) atoms. The Morgan fingerprint density at radius 3 is 2.33 bits per heavy atom. The Balaban J connectivity index is 2.85. The minimum Gasteiger partial charge on any atom is -0.329 e. The van der Waals surface area contributed by atoms with Gasteiger partial charge in [-0.25, -0.2) is 8.78 Å². The largest absolute Gasteiger partial charge is 0.329 e. The van der Waals surface area contributed by atoms with Crippen LogP contribution in [0, 0.1) is 11.6 Å². The van der Waals surface area contributed by atoms with Gasteiger partial charge in [-0.2, -0.15) is 0 Å². The number of nitrogens with two attached hydrogens (primary N) is 1. The smallest absolute Gasteiger partial charge is 0.131 e. The Morgan fingerprint density at radius 2 is 1.87 bits per heavy atom. The molecular weight excluding hydrogens is 266 g/mol. The highest BCUT2D eigenvalue weighted by Crippen LogP contribution is 2.20. The van der Waals surface area contributed by atoms with E-state index >= 15 is 0 Å². The molecule has 0 atom stereocenters. The number of rotatable bonds is 4. The number of benzene rings is 1. The van der Waals surface area contributed by atoms with E-state index in [1.807, 2.05) is 0 Å². The highest BCUT2D eigenvalue weighted by molar-refractivity contribution is 9.10. The summed E-state index contributed by atoms with van der Waals surface area (Å²) in [6.07, 6.45) is 0. The number of hydrogen-bond donors (Lipinski definition) is 1. The summed E-state index contributed by atoms with van der Waals surface area (Å²) in [4.78, 5) is 1.77. The number of likely N-dealkylation sites (N-methyl/N-ethyl adjacent to an activating group) is 1. The van der Waals surface area contributed by atoms with Crippen LogP contribution in [0.3, 0.4) is 0 Å². The van der Waals surface area contributed by atoms with Crippen LogP contribution in [-0.4, -0.2) is 25.0 Å². The summed E-state index contributed by atoms with van der Waals surface area (Å²) >= 11 is 3.03. The van der Waals surface area contributed by atoms with Crippen molar-refractivity contribution in [2.24, 2.45) is 5.73 Å². The van der Waals surface area contributed by atoms with Gasteiger partial charge in [-0.05, 0) is 19.2 Å². The molecule has 1 aromatic rings. The monoisotopic (exact) mass is 278 g/mol. The standard InChI is InChI=1S/C10H13BrF2N2/c1-15(3-2-14)6-8-9(12)4-7(11)5-10(8)13/h4-5H,2-3,6,14H2,1H3. The SMILES string of the molecule is CN(CCN)Cc1c(F)cc(Br)cc1F. The molecule has 1 aromatic carbocycles. The van der Waals surface area contributed by atoms with Crippen LogP contribution in [0.4, 0.5) is 8.78 Å². The van der Waals surface area contributed by atoms with E-state index in [0.717, 1.165) is 0 Å². The van der Waals surface area contributed by atoms with E-state index in [0.29, 0.717) is 17.6 Å². The molecule has 0 aliphatic rings. The lowest BCUT2D eigenvalue weighted by Crippen LogP contribution is -2.25. The van der Waals surface area contributed by atoms with Gasteiger partial charge in [-0.1, -0.05) is 15.9 Å². The third-order valence-electron chi connectivity index (χ3n) is 2.04. The van der Waals surface area contributed by atoms with E-state index < -0.39 is 11.6 Å². The van der Waals surface area contributed by atoms with Crippen LogP contribution < -0.4 is 5.73 Å². The van der Waals surface area contributed by atoms with Crippen molar-refractivity contribution in [3.63, 3.8) is 0 Å². The highest BCUT2D eigenvalue weighted by atomic mass is 79.9. The van der Waals surface area contributed by atoms with Crippen LogP contribution in [0.1, 0.15) is 5.56 Å². The lowest BCUT2D eigenvalue weighted by Gasteiger charge is -2.16. The van der Waals surface area contributed by atoms with E-state index in [1.165, 1.54) is 12.1 Å². The molecule has 0 amide bonds. The lowest BCUT2D eigenvalue weighted by atomic mass is 10.2. The molecule has 0 saturated carbocycles. The summed E-state index contributed by atoms with van der Waals surface area (Å²) in [5.74, 6) is -1.07. The summed E-state index contributed by atoms with van der Waals surface area (Å²) in [7, 11) is 1.77. The Bertz CT molecular complexity index is 321. The fourth-order valence-electron chi connectivity index (χ4n) is 1.29. The number of nitrogens with zero attached hydrogens (tertiary/aromatic N) is 1. The molecular formula is C10H13BrF2N2. The van der Waals surface area contributed by atoms with Crippen LogP contribution in [-0.2, 0) is 6.54 Å². The topological polar surface area (TPSA) is 29.3 Å². The van der Waals surface area contributed by atoms with Crippen LogP contribution in [0.2, 0.25) is 0 Å². The average molecular weight is 279 g/mol. The summed E-state index contributed by atoms with van der Waals surface area (Å²) in [5.41, 5.74) is 5.42. The molecule has 0 bridgehead atoms. The molecule has 0 spiro atoms. The zero-order valence-electron chi connectivity index (χ0n) is 8.43. The first-order valence-electron chi connectivity index (χ1n) is 4.56. The molecule has 0 radical (unpaired) electrons. The van der Waals surface area contributed by atoms with Crippen LogP contribution >= 0.6 is 15.9 Å². The van der Waals surface area contributed by atoms with Gasteiger partial charge in [0.05, 0.1) is 0 Å². The molecule has 0 aromatic heterocycles. The van der Waals surface area contributed by atoms with Gasteiger partial charge < -0.3 is 10.6 Å². The molecule has 0 aliphatic carbocycles. The summed E-state index contributed by atoms with van der Waals surface area (Å²) in [6.45, 7) is 1.30. The van der Waals surface area contributed by atoms with Crippen molar-refractivity contribution in [2.75, 3.05) is 20.1 Å². The van der Waals surface area contributed by atoms with E-state index in [4.69, 9.17) is 5.73 Å². The molecule has 2 nitrogen and oxygen atoms in total. The predicted molar refractivity (Wildman–Crippen MR) is 59.4 cm³/mol. The molecule has 1 rings (SSSR count). The average Bonchev–Trinajstić information content (AvgIpc) is 2.11. The molecule has 84 valence electrons. The van der Waals surface area contributed by atoms with Gasteiger partial charge in [0, 0.05) is 29.7 Å². The van der Waals surface area contributed by atoms with Crippen LogP contribution in [0.15, 0.2) is 16.6 Å². The third kappa shape index (κ3) is 3.52. The molecule has 0 fully saturated rings. The molecule has 0 unspecified atom stereocenters. The van der Waals surface area contributed by atoms with Gasteiger partial charge in [-0.15, -0.1) is 0 Å². The Hall–Kier alpha value is -0.520. The fourth-order valence-corrected chi connectivity index (χ4v) is 1.69. The second-order valence-corrected chi connectivity index (χ2v) is 4.29. The Kier molecular flexibility index (Phi) is 4.63. The van der Waals surface area contributed by atoms with Crippen molar-refractivity contribution in [1.82, 2.24) is 4.90 Å². The normalized spacial score (nSPS) is 11.1. The van der Waals surface area contributed by atoms with Gasteiger partial charge in [0.25, 0.3) is 0 Å². The molecule has 0 aliphatic heterocycles. The maximum Gasteiger partial charge on any atom is 0.131 e. The van der Waals surface area contributed by atoms with Crippen molar-refractivity contribution < 1.29 is 8.78 Å². The van der Waals surface area contributed by atoms with Crippen LogP contribution in [0.5, 0.6) is 0 Å². The first-order valence-corrected chi connectivity index (χ1v) is 5.36. The summed E-state index contributed by atoms with van der Waals surface area (Å²) < 4.78 is 27.2. The lowest BCUT2D eigenvalue weighted by molar-refractivity contribution is 0.323. The minimum absolute atomic E-state index is 0.0779. The third-order valence-corrected chi connectivity index (χ3v) is 2.50. The number of hydrogen-bond acceptors (Lipinski definition) is 2. The molecule has 5 heteroatoms. The minimum atomic E-state index is -0.536. The zero-order valence-corrected chi connectivity index (χ0v) is 10.0. The van der Waals surface area contributed by atoms with E-state index in [1.54, 1.807) is 11.9 Å². The molecule has 0 heterocycles. The number of halogens is 3. The fraction of sp³-hybridized carbons (Fsp3) is 0.400. The van der Waals surface area contributed by atoms with Gasteiger partial charge in [0.1, 0.15) is 11.6 Å². The Morgan fingerprint density at radius 1 is 1.33 bits per heavy atom. The molecule has 0 saturated heterocycles.